The Labute approximate surface area is 178 Å². The summed E-state index contributed by atoms with van der Waals surface area (Å²) in [6, 6.07) is 13.9. The molecule has 0 unspecified atom stereocenters. The third kappa shape index (κ3) is 4.00. The number of nitrogens with zero attached hydrogens (tertiary/aromatic N) is 2. The number of ether oxygens (including phenoxy) is 1. The number of halogens is 3. The predicted molar refractivity (Wildman–Crippen MR) is 112 cm³/mol. The standard InChI is InChI=1S/C23H19ClF2N2O2/c1-14-13-30-23-20(28(14)21(29)12-24)11-17(10-15-2-6-18(25)7-3-15)22(27-23)16-4-8-19(26)9-5-16/h2-9,11,14H,10,12-13H2,1H3/t14-/m0/s1. The molecule has 2 aromatic carbocycles. The molecule has 154 valence electrons. The van der Waals surface area contributed by atoms with Crippen LogP contribution in [0.1, 0.15) is 18.1 Å². The Hall–Kier alpha value is -2.99. The summed E-state index contributed by atoms with van der Waals surface area (Å²) in [4.78, 5) is 18.7. The maximum absolute atomic E-state index is 13.4. The molecule has 0 fully saturated rings. The number of benzene rings is 2. The summed E-state index contributed by atoms with van der Waals surface area (Å²) in [5.74, 6) is -0.731. The summed E-state index contributed by atoms with van der Waals surface area (Å²) in [7, 11) is 0. The van der Waals surface area contributed by atoms with E-state index >= 15 is 0 Å². The van der Waals surface area contributed by atoms with E-state index in [1.807, 2.05) is 13.0 Å². The summed E-state index contributed by atoms with van der Waals surface area (Å²) >= 11 is 5.82. The van der Waals surface area contributed by atoms with Crippen molar-refractivity contribution in [1.29, 1.82) is 0 Å². The second kappa shape index (κ2) is 8.40. The first-order chi connectivity index (χ1) is 14.5. The van der Waals surface area contributed by atoms with Crippen LogP contribution in [0.15, 0.2) is 54.6 Å². The zero-order valence-corrected chi connectivity index (χ0v) is 17.0. The Morgan fingerprint density at radius 2 is 1.77 bits per heavy atom. The summed E-state index contributed by atoms with van der Waals surface area (Å²) in [5.41, 5.74) is 3.56. The highest BCUT2D eigenvalue weighted by Crippen LogP contribution is 2.38. The van der Waals surface area contributed by atoms with Crippen molar-refractivity contribution in [2.45, 2.75) is 19.4 Å². The van der Waals surface area contributed by atoms with Crippen LogP contribution in [0.25, 0.3) is 11.3 Å². The Morgan fingerprint density at radius 1 is 1.13 bits per heavy atom. The zero-order valence-electron chi connectivity index (χ0n) is 16.2. The van der Waals surface area contributed by atoms with Gasteiger partial charge in [0, 0.05) is 5.56 Å². The van der Waals surface area contributed by atoms with Crippen molar-refractivity contribution < 1.29 is 18.3 Å². The predicted octanol–water partition coefficient (Wildman–Crippen LogP) is 4.97. The second-order valence-electron chi connectivity index (χ2n) is 7.19. The highest BCUT2D eigenvalue weighted by Gasteiger charge is 2.31. The molecule has 0 N–H and O–H groups in total. The molecule has 4 nitrogen and oxygen atoms in total. The van der Waals surface area contributed by atoms with Gasteiger partial charge in [-0.15, -0.1) is 11.6 Å². The zero-order chi connectivity index (χ0) is 21.3. The lowest BCUT2D eigenvalue weighted by Gasteiger charge is -2.34. The average molecular weight is 429 g/mol. The molecule has 1 aromatic heterocycles. The molecule has 1 aliphatic heterocycles. The van der Waals surface area contributed by atoms with Crippen LogP contribution < -0.4 is 9.64 Å². The van der Waals surface area contributed by atoms with E-state index in [-0.39, 0.29) is 29.5 Å². The maximum atomic E-state index is 13.4. The minimum absolute atomic E-state index is 0.156. The lowest BCUT2D eigenvalue weighted by Crippen LogP contribution is -2.46. The molecule has 3 aromatic rings. The van der Waals surface area contributed by atoms with Crippen molar-refractivity contribution in [3.8, 4) is 17.1 Å². The number of carbonyl (C=O) groups excluding carboxylic acids is 1. The Bertz CT molecular complexity index is 1070. The van der Waals surface area contributed by atoms with Gasteiger partial charge >= 0.3 is 0 Å². The normalized spacial score (nSPS) is 15.5. The molecule has 0 bridgehead atoms. The molecule has 4 rings (SSSR count). The van der Waals surface area contributed by atoms with Crippen molar-refractivity contribution in [1.82, 2.24) is 4.98 Å². The Balaban J connectivity index is 1.85. The number of rotatable bonds is 4. The van der Waals surface area contributed by atoms with Gasteiger partial charge in [-0.05, 0) is 66.9 Å². The first-order valence-corrected chi connectivity index (χ1v) is 10.0. The van der Waals surface area contributed by atoms with Gasteiger partial charge in [0.25, 0.3) is 0 Å². The molecule has 0 aliphatic carbocycles. The van der Waals surface area contributed by atoms with Crippen molar-refractivity contribution in [2.75, 3.05) is 17.4 Å². The summed E-state index contributed by atoms with van der Waals surface area (Å²) < 4.78 is 32.6. The third-order valence-electron chi connectivity index (χ3n) is 5.02. The number of hydrogen-bond acceptors (Lipinski definition) is 3. The largest absolute Gasteiger partial charge is 0.474 e. The molecular weight excluding hydrogens is 410 g/mol. The van der Waals surface area contributed by atoms with Crippen LogP contribution in [0, 0.1) is 11.6 Å². The number of anilines is 1. The van der Waals surface area contributed by atoms with Crippen molar-refractivity contribution in [2.24, 2.45) is 0 Å². The van der Waals surface area contributed by atoms with Gasteiger partial charge in [0.05, 0.1) is 11.7 Å². The molecule has 0 saturated carbocycles. The van der Waals surface area contributed by atoms with Gasteiger partial charge in [0.2, 0.25) is 11.8 Å². The minimum Gasteiger partial charge on any atom is -0.474 e. The van der Waals surface area contributed by atoms with Gasteiger partial charge < -0.3 is 9.64 Å². The average Bonchev–Trinajstić information content (AvgIpc) is 2.75. The van der Waals surface area contributed by atoms with E-state index in [0.29, 0.717) is 35.9 Å². The first kappa shape index (κ1) is 20.3. The van der Waals surface area contributed by atoms with E-state index in [1.165, 1.54) is 24.3 Å². The molecule has 0 radical (unpaired) electrons. The van der Waals surface area contributed by atoms with E-state index in [1.54, 1.807) is 29.2 Å². The molecule has 1 amide bonds. The minimum atomic E-state index is -0.347. The van der Waals surface area contributed by atoms with Crippen LogP contribution in [0.2, 0.25) is 0 Å². The van der Waals surface area contributed by atoms with Crippen LogP contribution >= 0.6 is 11.6 Å². The smallest absolute Gasteiger partial charge is 0.242 e. The molecule has 30 heavy (non-hydrogen) atoms. The SMILES string of the molecule is C[C@H]1COc2nc(-c3ccc(F)cc3)c(Cc3ccc(F)cc3)cc2N1C(=O)CCl. The third-order valence-corrected chi connectivity index (χ3v) is 5.25. The fourth-order valence-electron chi connectivity index (χ4n) is 3.58. The molecule has 1 atom stereocenters. The molecule has 7 heteroatoms. The van der Waals surface area contributed by atoms with E-state index in [9.17, 15) is 13.6 Å². The quantitative estimate of drug-likeness (QED) is 0.551. The number of fused-ring (bicyclic) bond motifs is 1. The summed E-state index contributed by atoms with van der Waals surface area (Å²) in [6.07, 6.45) is 0.449. The van der Waals surface area contributed by atoms with Crippen molar-refractivity contribution in [3.63, 3.8) is 0 Å². The fourth-order valence-corrected chi connectivity index (χ4v) is 3.70. The lowest BCUT2D eigenvalue weighted by molar-refractivity contribution is -0.117. The Morgan fingerprint density at radius 3 is 2.40 bits per heavy atom. The fraction of sp³-hybridized carbons (Fsp3) is 0.217. The van der Waals surface area contributed by atoms with E-state index in [2.05, 4.69) is 4.98 Å². The van der Waals surface area contributed by atoms with Gasteiger partial charge in [0.1, 0.15) is 29.8 Å². The summed E-state index contributed by atoms with van der Waals surface area (Å²) in [6.45, 7) is 2.17. The van der Waals surface area contributed by atoms with E-state index < -0.39 is 0 Å². The molecule has 2 heterocycles. The van der Waals surface area contributed by atoms with Crippen molar-refractivity contribution >= 4 is 23.2 Å². The van der Waals surface area contributed by atoms with E-state index in [4.69, 9.17) is 16.3 Å². The second-order valence-corrected chi connectivity index (χ2v) is 7.46. The first-order valence-electron chi connectivity index (χ1n) is 9.51. The van der Waals surface area contributed by atoms with Crippen LogP contribution in [-0.4, -0.2) is 29.4 Å². The topological polar surface area (TPSA) is 42.4 Å². The molecule has 0 spiro atoms. The number of amides is 1. The van der Waals surface area contributed by atoms with Gasteiger partial charge in [0.15, 0.2) is 0 Å². The number of pyridine rings is 1. The summed E-state index contributed by atoms with van der Waals surface area (Å²) in [5, 5.41) is 0. The van der Waals surface area contributed by atoms with Crippen LogP contribution in [0.3, 0.4) is 0 Å². The van der Waals surface area contributed by atoms with Gasteiger partial charge in [-0.2, -0.15) is 0 Å². The molecule has 1 aliphatic rings. The number of alkyl halides is 1. The highest BCUT2D eigenvalue weighted by molar-refractivity contribution is 6.29. The van der Waals surface area contributed by atoms with Crippen LogP contribution in [-0.2, 0) is 11.2 Å². The van der Waals surface area contributed by atoms with Gasteiger partial charge in [-0.3, -0.25) is 4.79 Å². The number of hydrogen-bond donors (Lipinski definition) is 0. The number of aromatic nitrogens is 1. The molecule has 0 saturated heterocycles. The van der Waals surface area contributed by atoms with Gasteiger partial charge in [-0.25, -0.2) is 13.8 Å². The Kier molecular flexibility index (Phi) is 5.68. The highest BCUT2D eigenvalue weighted by atomic mass is 35.5. The number of carbonyl (C=O) groups is 1. The van der Waals surface area contributed by atoms with Crippen molar-refractivity contribution in [3.05, 3.63) is 77.4 Å². The lowest BCUT2D eigenvalue weighted by atomic mass is 9.98. The van der Waals surface area contributed by atoms with Crippen LogP contribution in [0.5, 0.6) is 5.88 Å². The molecular formula is C23H19ClF2N2O2. The monoisotopic (exact) mass is 428 g/mol. The van der Waals surface area contributed by atoms with E-state index in [0.717, 1.165) is 11.1 Å². The van der Waals surface area contributed by atoms with Gasteiger partial charge in [-0.1, -0.05) is 12.1 Å². The van der Waals surface area contributed by atoms with Crippen LogP contribution in [0.4, 0.5) is 14.5 Å². The maximum Gasteiger partial charge on any atom is 0.242 e.